The van der Waals surface area contributed by atoms with Crippen LogP contribution in [-0.4, -0.2) is 24.7 Å². The molecule has 1 rings (SSSR count). The second kappa shape index (κ2) is 6.68. The first-order valence-electron chi connectivity index (χ1n) is 4.49. The van der Waals surface area contributed by atoms with Crippen LogP contribution in [0.15, 0.2) is 24.3 Å². The van der Waals surface area contributed by atoms with Gasteiger partial charge in [-0.25, -0.2) is 4.39 Å². The van der Waals surface area contributed by atoms with Crippen molar-refractivity contribution in [2.45, 2.75) is 0 Å². The number of hydrogen-bond donors (Lipinski definition) is 1. The van der Waals surface area contributed by atoms with Crippen LogP contribution in [0.1, 0.15) is 0 Å². The Bertz CT molecular complexity index is 270. The zero-order chi connectivity index (χ0) is 10.2. The molecule has 0 heterocycles. The molecule has 0 atom stereocenters. The molecule has 2 nitrogen and oxygen atoms in total. The van der Waals surface area contributed by atoms with E-state index in [1.54, 1.807) is 30.0 Å². The minimum Gasteiger partial charge on any atom is -0.490 e. The van der Waals surface area contributed by atoms with Crippen LogP contribution in [0.25, 0.3) is 0 Å². The topological polar surface area (TPSA) is 35.2 Å². The van der Waals surface area contributed by atoms with Gasteiger partial charge in [-0.15, -0.1) is 0 Å². The molecule has 0 spiro atoms. The SMILES string of the molecule is NCCSCCOc1ccccc1F. The lowest BCUT2D eigenvalue weighted by Crippen LogP contribution is -2.06. The molecule has 4 heteroatoms. The fourth-order valence-corrected chi connectivity index (χ4v) is 1.53. The molecule has 0 saturated heterocycles. The summed E-state index contributed by atoms with van der Waals surface area (Å²) in [5, 5.41) is 0. The summed E-state index contributed by atoms with van der Waals surface area (Å²) in [6.45, 7) is 1.19. The molecule has 1 aromatic carbocycles. The third-order valence-corrected chi connectivity index (χ3v) is 2.56. The van der Waals surface area contributed by atoms with E-state index in [1.165, 1.54) is 6.07 Å². The van der Waals surface area contributed by atoms with Gasteiger partial charge in [0, 0.05) is 18.1 Å². The Kier molecular flexibility index (Phi) is 5.40. The average molecular weight is 215 g/mol. The number of rotatable bonds is 6. The van der Waals surface area contributed by atoms with Crippen LogP contribution in [0.4, 0.5) is 4.39 Å². The second-order valence-electron chi connectivity index (χ2n) is 2.68. The number of para-hydroxylation sites is 1. The van der Waals surface area contributed by atoms with E-state index < -0.39 is 0 Å². The standard InChI is InChI=1S/C10H14FNOS/c11-9-3-1-2-4-10(9)13-6-8-14-7-5-12/h1-4H,5-8,12H2. The lowest BCUT2D eigenvalue weighted by atomic mass is 10.3. The number of benzene rings is 1. The number of thioether (sulfide) groups is 1. The Morgan fingerprint density at radius 2 is 2.07 bits per heavy atom. The molecular formula is C10H14FNOS. The highest BCUT2D eigenvalue weighted by molar-refractivity contribution is 7.99. The predicted molar refractivity (Wildman–Crippen MR) is 58.3 cm³/mol. The van der Waals surface area contributed by atoms with Gasteiger partial charge in [-0.2, -0.15) is 11.8 Å². The van der Waals surface area contributed by atoms with Crippen molar-refractivity contribution in [3.63, 3.8) is 0 Å². The van der Waals surface area contributed by atoms with Crippen molar-refractivity contribution in [3.05, 3.63) is 30.1 Å². The fraction of sp³-hybridized carbons (Fsp3) is 0.400. The maximum absolute atomic E-state index is 13.0. The van der Waals surface area contributed by atoms with E-state index >= 15 is 0 Å². The van der Waals surface area contributed by atoms with E-state index in [4.69, 9.17) is 10.5 Å². The molecule has 0 amide bonds. The van der Waals surface area contributed by atoms with Crippen molar-refractivity contribution in [3.8, 4) is 5.75 Å². The summed E-state index contributed by atoms with van der Waals surface area (Å²) in [6.07, 6.45) is 0. The molecule has 1 aromatic rings. The van der Waals surface area contributed by atoms with Crippen LogP contribution in [0.2, 0.25) is 0 Å². The van der Waals surface area contributed by atoms with Crippen molar-refractivity contribution in [1.29, 1.82) is 0 Å². The monoisotopic (exact) mass is 215 g/mol. The molecule has 0 aliphatic rings. The highest BCUT2D eigenvalue weighted by Gasteiger charge is 1.99. The van der Waals surface area contributed by atoms with Crippen molar-refractivity contribution >= 4 is 11.8 Å². The number of halogens is 1. The average Bonchev–Trinajstić information content (AvgIpc) is 2.20. The number of ether oxygens (including phenoxy) is 1. The summed E-state index contributed by atoms with van der Waals surface area (Å²) >= 11 is 1.71. The largest absolute Gasteiger partial charge is 0.490 e. The fourth-order valence-electron chi connectivity index (χ4n) is 0.958. The Balaban J connectivity index is 2.21. The summed E-state index contributed by atoms with van der Waals surface area (Å²) in [5.74, 6) is 1.77. The van der Waals surface area contributed by atoms with E-state index in [2.05, 4.69) is 0 Å². The van der Waals surface area contributed by atoms with Gasteiger partial charge in [0.05, 0.1) is 6.61 Å². The van der Waals surface area contributed by atoms with Gasteiger partial charge in [0.25, 0.3) is 0 Å². The van der Waals surface area contributed by atoms with Gasteiger partial charge in [-0.1, -0.05) is 12.1 Å². The summed E-state index contributed by atoms with van der Waals surface area (Å²) in [7, 11) is 0. The predicted octanol–water partition coefficient (Wildman–Crippen LogP) is 1.90. The van der Waals surface area contributed by atoms with Gasteiger partial charge in [0.1, 0.15) is 0 Å². The summed E-state index contributed by atoms with van der Waals surface area (Å²) in [6, 6.07) is 6.42. The zero-order valence-electron chi connectivity index (χ0n) is 7.91. The maximum Gasteiger partial charge on any atom is 0.165 e. The molecule has 0 radical (unpaired) electrons. The molecule has 0 bridgehead atoms. The quantitative estimate of drug-likeness (QED) is 0.736. The van der Waals surface area contributed by atoms with Crippen LogP contribution in [0.3, 0.4) is 0 Å². The molecule has 2 N–H and O–H groups in total. The lowest BCUT2D eigenvalue weighted by molar-refractivity contribution is 0.325. The van der Waals surface area contributed by atoms with Crippen molar-refractivity contribution < 1.29 is 9.13 Å². The molecule has 0 aromatic heterocycles. The zero-order valence-corrected chi connectivity index (χ0v) is 8.73. The highest BCUT2D eigenvalue weighted by atomic mass is 32.2. The molecule has 78 valence electrons. The molecule has 0 unspecified atom stereocenters. The van der Waals surface area contributed by atoms with E-state index in [1.807, 2.05) is 0 Å². The van der Waals surface area contributed by atoms with Crippen molar-refractivity contribution in [2.75, 3.05) is 24.7 Å². The Labute approximate surface area is 87.6 Å². The van der Waals surface area contributed by atoms with E-state index in [-0.39, 0.29) is 5.82 Å². The van der Waals surface area contributed by atoms with E-state index in [9.17, 15) is 4.39 Å². The Morgan fingerprint density at radius 3 is 2.79 bits per heavy atom. The van der Waals surface area contributed by atoms with Crippen molar-refractivity contribution in [2.24, 2.45) is 5.73 Å². The van der Waals surface area contributed by atoms with Crippen LogP contribution in [-0.2, 0) is 0 Å². The highest BCUT2D eigenvalue weighted by Crippen LogP contribution is 2.15. The van der Waals surface area contributed by atoms with Crippen LogP contribution in [0, 0.1) is 5.82 Å². The second-order valence-corrected chi connectivity index (χ2v) is 3.90. The Morgan fingerprint density at radius 1 is 1.29 bits per heavy atom. The minimum atomic E-state index is -0.309. The molecule has 0 saturated carbocycles. The van der Waals surface area contributed by atoms with E-state index in [0.29, 0.717) is 18.9 Å². The maximum atomic E-state index is 13.0. The van der Waals surface area contributed by atoms with Gasteiger partial charge in [-0.3, -0.25) is 0 Å². The molecule has 0 aliphatic heterocycles. The first kappa shape index (κ1) is 11.3. The summed E-state index contributed by atoms with van der Waals surface area (Å²) < 4.78 is 18.3. The molecule has 0 fully saturated rings. The first-order valence-corrected chi connectivity index (χ1v) is 5.65. The van der Waals surface area contributed by atoms with Gasteiger partial charge in [-0.05, 0) is 12.1 Å². The van der Waals surface area contributed by atoms with E-state index in [0.717, 1.165) is 11.5 Å². The first-order chi connectivity index (χ1) is 6.84. The molecule has 0 aliphatic carbocycles. The third kappa shape index (κ3) is 3.98. The summed E-state index contributed by atoms with van der Waals surface area (Å²) in [4.78, 5) is 0. The minimum absolute atomic E-state index is 0.309. The van der Waals surface area contributed by atoms with Crippen LogP contribution >= 0.6 is 11.8 Å². The van der Waals surface area contributed by atoms with Crippen LogP contribution < -0.4 is 10.5 Å². The van der Waals surface area contributed by atoms with Crippen LogP contribution in [0.5, 0.6) is 5.75 Å². The Hall–Kier alpha value is -0.740. The molecule has 14 heavy (non-hydrogen) atoms. The number of hydrogen-bond acceptors (Lipinski definition) is 3. The molecular weight excluding hydrogens is 201 g/mol. The normalized spacial score (nSPS) is 10.1. The smallest absolute Gasteiger partial charge is 0.165 e. The van der Waals surface area contributed by atoms with Crippen molar-refractivity contribution in [1.82, 2.24) is 0 Å². The van der Waals surface area contributed by atoms with Gasteiger partial charge in [0.2, 0.25) is 0 Å². The number of nitrogens with two attached hydrogens (primary N) is 1. The summed E-state index contributed by atoms with van der Waals surface area (Å²) in [5.41, 5.74) is 5.32. The third-order valence-electron chi connectivity index (χ3n) is 1.58. The van der Waals surface area contributed by atoms with Gasteiger partial charge >= 0.3 is 0 Å². The van der Waals surface area contributed by atoms with Gasteiger partial charge < -0.3 is 10.5 Å². The lowest BCUT2D eigenvalue weighted by Gasteiger charge is -2.05. The van der Waals surface area contributed by atoms with Gasteiger partial charge in [0.15, 0.2) is 11.6 Å².